The van der Waals surface area contributed by atoms with Gasteiger partial charge in [-0.25, -0.2) is 9.37 Å². The van der Waals surface area contributed by atoms with E-state index in [0.717, 1.165) is 25.7 Å². The number of ether oxygens (including phenoxy) is 1. The van der Waals surface area contributed by atoms with Crippen molar-refractivity contribution in [3.8, 4) is 5.75 Å². The first-order valence-electron chi connectivity index (χ1n) is 7.79. The summed E-state index contributed by atoms with van der Waals surface area (Å²) in [6.45, 7) is 0.428. The number of nitrogens with one attached hydrogen (secondary N) is 1. The molecule has 1 saturated carbocycles. The van der Waals surface area contributed by atoms with Gasteiger partial charge in [0.2, 0.25) is 5.91 Å². The van der Waals surface area contributed by atoms with Crippen molar-refractivity contribution in [3.05, 3.63) is 36.7 Å². The second-order valence-electron chi connectivity index (χ2n) is 5.63. The van der Waals surface area contributed by atoms with E-state index in [9.17, 15) is 9.18 Å². The molecule has 1 N–H and O–H groups in total. The summed E-state index contributed by atoms with van der Waals surface area (Å²) in [5.41, 5.74) is 0.421. The first kappa shape index (κ1) is 15.5. The minimum atomic E-state index is -0.453. The number of hydrogen-bond acceptors (Lipinski definition) is 4. The van der Waals surface area contributed by atoms with E-state index in [4.69, 9.17) is 4.74 Å². The van der Waals surface area contributed by atoms with Gasteiger partial charge < -0.3 is 10.1 Å². The van der Waals surface area contributed by atoms with Crippen LogP contribution in [0.2, 0.25) is 0 Å². The molecule has 1 aliphatic carbocycles. The summed E-state index contributed by atoms with van der Waals surface area (Å²) in [6, 6.07) is 4.51. The van der Waals surface area contributed by atoms with Crippen LogP contribution in [0.3, 0.4) is 0 Å². The molecule has 0 spiro atoms. The minimum Gasteiger partial charge on any atom is -0.487 e. The molecule has 0 unspecified atom stereocenters. The molecule has 1 amide bonds. The second kappa shape index (κ2) is 7.21. The molecular weight excluding hydrogens is 299 g/mol. The molecule has 2 aromatic rings. The summed E-state index contributed by atoms with van der Waals surface area (Å²) in [6.07, 6.45) is 7.51. The zero-order valence-corrected chi connectivity index (χ0v) is 12.7. The lowest BCUT2D eigenvalue weighted by Crippen LogP contribution is -2.15. The van der Waals surface area contributed by atoms with Crippen molar-refractivity contribution in [3.63, 3.8) is 0 Å². The summed E-state index contributed by atoms with van der Waals surface area (Å²) in [5, 5.41) is 6.59. The third-order valence-electron chi connectivity index (χ3n) is 3.85. The number of carbonyl (C=O) groups is 1. The fourth-order valence-electron chi connectivity index (χ4n) is 2.65. The number of anilines is 1. The van der Waals surface area contributed by atoms with E-state index in [0.29, 0.717) is 12.2 Å². The molecule has 0 bridgehead atoms. The summed E-state index contributed by atoms with van der Waals surface area (Å²) >= 11 is 0. The van der Waals surface area contributed by atoms with Gasteiger partial charge in [-0.05, 0) is 37.8 Å². The summed E-state index contributed by atoms with van der Waals surface area (Å²) in [7, 11) is 0. The molecule has 1 fully saturated rings. The first-order valence-corrected chi connectivity index (χ1v) is 7.79. The highest BCUT2D eigenvalue weighted by molar-refractivity contribution is 5.90. The predicted octanol–water partition coefficient (Wildman–Crippen LogP) is 2.77. The Morgan fingerprint density at radius 3 is 2.91 bits per heavy atom. The Bertz CT molecular complexity index is 654. The quantitative estimate of drug-likeness (QED) is 0.889. The van der Waals surface area contributed by atoms with Gasteiger partial charge in [-0.1, -0.05) is 0 Å². The Morgan fingerprint density at radius 1 is 1.39 bits per heavy atom. The van der Waals surface area contributed by atoms with Gasteiger partial charge in [0, 0.05) is 18.2 Å². The van der Waals surface area contributed by atoms with Gasteiger partial charge in [0.05, 0.1) is 12.6 Å². The topological polar surface area (TPSA) is 69.0 Å². The second-order valence-corrected chi connectivity index (χ2v) is 5.63. The number of hydrogen-bond donors (Lipinski definition) is 1. The largest absolute Gasteiger partial charge is 0.487 e. The lowest BCUT2D eigenvalue weighted by molar-refractivity contribution is -0.116. The van der Waals surface area contributed by atoms with E-state index in [1.807, 2.05) is 0 Å². The van der Waals surface area contributed by atoms with E-state index < -0.39 is 5.82 Å². The molecule has 23 heavy (non-hydrogen) atoms. The minimum absolute atomic E-state index is 0.104. The maximum atomic E-state index is 14.1. The molecule has 7 heteroatoms. The van der Waals surface area contributed by atoms with Crippen LogP contribution in [0.1, 0.15) is 32.1 Å². The number of nitrogens with zero attached hydrogens (tertiary/aromatic N) is 3. The number of halogens is 1. The maximum absolute atomic E-state index is 14.1. The average molecular weight is 318 g/mol. The molecule has 0 aliphatic heterocycles. The molecule has 0 atom stereocenters. The van der Waals surface area contributed by atoms with Crippen LogP contribution in [0, 0.1) is 5.82 Å². The predicted molar refractivity (Wildman–Crippen MR) is 82.6 cm³/mol. The van der Waals surface area contributed by atoms with Crippen LogP contribution < -0.4 is 10.1 Å². The molecule has 0 radical (unpaired) electrons. The number of aromatic nitrogens is 3. The highest BCUT2D eigenvalue weighted by atomic mass is 19.1. The van der Waals surface area contributed by atoms with Crippen LogP contribution in [0.15, 0.2) is 30.9 Å². The van der Waals surface area contributed by atoms with Crippen LogP contribution in [0.25, 0.3) is 0 Å². The van der Waals surface area contributed by atoms with Crippen molar-refractivity contribution < 1.29 is 13.9 Å². The zero-order chi connectivity index (χ0) is 16.1. The zero-order valence-electron chi connectivity index (χ0n) is 12.7. The van der Waals surface area contributed by atoms with Crippen molar-refractivity contribution in [2.45, 2.75) is 44.8 Å². The molecule has 0 saturated heterocycles. The summed E-state index contributed by atoms with van der Waals surface area (Å²) in [5.74, 6) is -0.409. The van der Waals surface area contributed by atoms with Crippen LogP contribution in [0.4, 0.5) is 10.1 Å². The van der Waals surface area contributed by atoms with E-state index in [1.54, 1.807) is 23.1 Å². The highest BCUT2D eigenvalue weighted by Crippen LogP contribution is 2.27. The number of benzene rings is 1. The van der Waals surface area contributed by atoms with E-state index in [-0.39, 0.29) is 24.2 Å². The smallest absolute Gasteiger partial charge is 0.226 e. The average Bonchev–Trinajstić information content (AvgIpc) is 3.21. The fraction of sp³-hybridized carbons (Fsp3) is 0.438. The SMILES string of the molecule is O=C(CCn1cncn1)Nc1ccc(OC2CCCC2)c(F)c1. The Labute approximate surface area is 133 Å². The molecule has 1 aromatic carbocycles. The summed E-state index contributed by atoms with van der Waals surface area (Å²) in [4.78, 5) is 15.7. The standard InChI is InChI=1S/C16H19FN4O2/c17-14-9-12(5-6-15(14)23-13-3-1-2-4-13)20-16(22)7-8-21-11-18-10-19-21/h5-6,9-11,13H,1-4,7-8H2,(H,20,22). The molecule has 1 aliphatic rings. The van der Waals surface area contributed by atoms with Crippen molar-refractivity contribution in [2.75, 3.05) is 5.32 Å². The molecule has 1 heterocycles. The van der Waals surface area contributed by atoms with Crippen LogP contribution in [-0.2, 0) is 11.3 Å². The Morgan fingerprint density at radius 2 is 2.22 bits per heavy atom. The van der Waals surface area contributed by atoms with Crippen LogP contribution in [0.5, 0.6) is 5.75 Å². The Kier molecular flexibility index (Phi) is 4.85. The normalized spacial score (nSPS) is 14.8. The van der Waals surface area contributed by atoms with E-state index in [2.05, 4.69) is 15.4 Å². The van der Waals surface area contributed by atoms with Gasteiger partial charge in [-0.2, -0.15) is 5.10 Å². The number of carbonyl (C=O) groups excluding carboxylic acids is 1. The highest BCUT2D eigenvalue weighted by Gasteiger charge is 2.18. The van der Waals surface area contributed by atoms with Crippen molar-refractivity contribution in [2.24, 2.45) is 0 Å². The van der Waals surface area contributed by atoms with E-state index >= 15 is 0 Å². The van der Waals surface area contributed by atoms with Crippen LogP contribution >= 0.6 is 0 Å². The lowest BCUT2D eigenvalue weighted by Gasteiger charge is -2.14. The van der Waals surface area contributed by atoms with Crippen molar-refractivity contribution in [1.29, 1.82) is 0 Å². The van der Waals surface area contributed by atoms with Gasteiger partial charge >= 0.3 is 0 Å². The fourth-order valence-corrected chi connectivity index (χ4v) is 2.65. The Hall–Kier alpha value is -2.44. The van der Waals surface area contributed by atoms with Crippen molar-refractivity contribution >= 4 is 11.6 Å². The number of amides is 1. The van der Waals surface area contributed by atoms with E-state index in [1.165, 1.54) is 12.4 Å². The van der Waals surface area contributed by atoms with Gasteiger partial charge in [-0.3, -0.25) is 9.48 Å². The third kappa shape index (κ3) is 4.28. The molecular formula is C16H19FN4O2. The Balaban J connectivity index is 1.53. The molecule has 1 aromatic heterocycles. The van der Waals surface area contributed by atoms with Gasteiger partial charge in [0.15, 0.2) is 11.6 Å². The monoisotopic (exact) mass is 318 g/mol. The van der Waals surface area contributed by atoms with Crippen LogP contribution in [-0.4, -0.2) is 26.8 Å². The molecule has 122 valence electrons. The third-order valence-corrected chi connectivity index (χ3v) is 3.85. The lowest BCUT2D eigenvalue weighted by atomic mass is 10.2. The van der Waals surface area contributed by atoms with Gasteiger partial charge in [0.25, 0.3) is 0 Å². The van der Waals surface area contributed by atoms with Gasteiger partial charge in [0.1, 0.15) is 12.7 Å². The number of rotatable bonds is 6. The number of aryl methyl sites for hydroxylation is 1. The maximum Gasteiger partial charge on any atom is 0.226 e. The summed E-state index contributed by atoms with van der Waals surface area (Å²) < 4.78 is 21.3. The molecule has 6 nitrogen and oxygen atoms in total. The van der Waals surface area contributed by atoms with Crippen molar-refractivity contribution in [1.82, 2.24) is 14.8 Å². The first-order chi connectivity index (χ1) is 11.2. The van der Waals surface area contributed by atoms with Gasteiger partial charge in [-0.15, -0.1) is 0 Å². The molecule has 3 rings (SSSR count).